The molecule has 236 valence electrons. The zero-order valence-corrected chi connectivity index (χ0v) is 26.6. The summed E-state index contributed by atoms with van der Waals surface area (Å²) < 4.78 is 27.3. The molecule has 0 aromatic heterocycles. The van der Waals surface area contributed by atoms with Gasteiger partial charge in [-0.05, 0) is 43.2 Å². The van der Waals surface area contributed by atoms with Crippen molar-refractivity contribution >= 4 is 27.9 Å². The van der Waals surface area contributed by atoms with E-state index in [2.05, 4.69) is 5.32 Å². The summed E-state index contributed by atoms with van der Waals surface area (Å²) in [4.78, 5) is 37.5. The molecule has 3 amide bonds. The zero-order chi connectivity index (χ0) is 30.8. The van der Waals surface area contributed by atoms with Gasteiger partial charge in [0.25, 0.3) is 11.8 Å². The number of benzene rings is 1. The Bertz CT molecular complexity index is 1130. The van der Waals surface area contributed by atoms with E-state index in [-0.39, 0.29) is 23.0 Å². The van der Waals surface area contributed by atoms with E-state index < -0.39 is 21.7 Å². The molecule has 2 N–H and O–H groups in total. The van der Waals surface area contributed by atoms with Gasteiger partial charge in [-0.15, -0.1) is 0 Å². The third-order valence-corrected chi connectivity index (χ3v) is 11.1. The molecule has 10 heteroatoms. The van der Waals surface area contributed by atoms with Gasteiger partial charge in [0.05, 0.1) is 22.4 Å². The van der Waals surface area contributed by atoms with Crippen LogP contribution >= 0.6 is 0 Å². The molecule has 0 saturated carbocycles. The lowest BCUT2D eigenvalue weighted by molar-refractivity contribution is 0.0650. The summed E-state index contributed by atoms with van der Waals surface area (Å²) in [6, 6.07) is 7.03. The second kappa shape index (κ2) is 15.3. The average molecular weight is 606 g/mol. The number of sulfonamides is 1. The van der Waals surface area contributed by atoms with Crippen LogP contribution in [0.25, 0.3) is 0 Å². The number of imide groups is 1. The first-order valence-electron chi connectivity index (χ1n) is 15.8. The van der Waals surface area contributed by atoms with Crippen LogP contribution in [0.3, 0.4) is 0 Å². The predicted octanol–water partition coefficient (Wildman–Crippen LogP) is 6.44. The molecule has 3 rings (SSSR count). The van der Waals surface area contributed by atoms with Gasteiger partial charge in [0.15, 0.2) is 0 Å². The van der Waals surface area contributed by atoms with Crippen molar-refractivity contribution < 1.29 is 27.9 Å². The van der Waals surface area contributed by atoms with E-state index in [4.69, 9.17) is 0 Å². The van der Waals surface area contributed by atoms with Gasteiger partial charge in [0.1, 0.15) is 0 Å². The number of fused-ring (bicyclic) bond motifs is 1. The fourth-order valence-electron chi connectivity index (χ4n) is 6.31. The highest BCUT2D eigenvalue weighted by molar-refractivity contribution is 7.89. The highest BCUT2D eigenvalue weighted by Crippen LogP contribution is 2.39. The van der Waals surface area contributed by atoms with Crippen LogP contribution in [0.4, 0.5) is 4.79 Å². The maximum Gasteiger partial charge on any atom is 0.405 e. The molecule has 2 aliphatic rings. The Labute approximate surface area is 252 Å². The number of nitrogens with zero attached hydrogens (tertiary/aromatic N) is 2. The highest BCUT2D eigenvalue weighted by atomic mass is 32.2. The minimum atomic E-state index is -3.32. The molecule has 0 spiro atoms. The van der Waals surface area contributed by atoms with Crippen LogP contribution in [-0.2, 0) is 10.0 Å². The number of nitrogens with one attached hydrogen (secondary N) is 1. The lowest BCUT2D eigenvalue weighted by Crippen LogP contribution is -2.62. The molecule has 0 atom stereocenters. The number of carbonyl (C=O) groups excluding carboxylic acids is 2. The summed E-state index contributed by atoms with van der Waals surface area (Å²) in [6.07, 6.45) is 12.6. The number of unbranched alkanes of at least 4 members (excludes halogenated alkanes) is 11. The number of piperidine rings is 1. The van der Waals surface area contributed by atoms with Crippen LogP contribution in [0.5, 0.6) is 0 Å². The molecule has 2 aliphatic heterocycles. The molecule has 0 aliphatic carbocycles. The van der Waals surface area contributed by atoms with Gasteiger partial charge in [-0.25, -0.2) is 17.5 Å². The molecule has 1 saturated heterocycles. The number of rotatable bonds is 17. The molecule has 0 unspecified atom stereocenters. The molecule has 1 fully saturated rings. The minimum absolute atomic E-state index is 0.162. The first kappa shape index (κ1) is 34.0. The van der Waals surface area contributed by atoms with E-state index in [1.54, 1.807) is 28.6 Å². The highest BCUT2D eigenvalue weighted by Gasteiger charge is 2.46. The maximum absolute atomic E-state index is 12.9. The summed E-state index contributed by atoms with van der Waals surface area (Å²) in [6.45, 7) is 7.20. The molecule has 1 aromatic rings. The Morgan fingerprint density at radius 2 is 1.24 bits per heavy atom. The first-order chi connectivity index (χ1) is 19.9. The van der Waals surface area contributed by atoms with E-state index in [1.165, 1.54) is 37.0 Å². The van der Waals surface area contributed by atoms with Crippen LogP contribution in [0.2, 0.25) is 0 Å². The Balaban J connectivity index is 1.16. The second-order valence-corrected chi connectivity index (χ2v) is 15.1. The monoisotopic (exact) mass is 605 g/mol. The molecule has 42 heavy (non-hydrogen) atoms. The van der Waals surface area contributed by atoms with Crippen LogP contribution in [0, 0.1) is 5.41 Å². The van der Waals surface area contributed by atoms with Gasteiger partial charge in [-0.2, -0.15) is 0 Å². The summed E-state index contributed by atoms with van der Waals surface area (Å²) in [5.41, 5.74) is 0.126. The largest absolute Gasteiger partial charge is 0.465 e. The standard InChI is InChI=1S/C32H51N3O6S/c1-31(2,3)32(33-30(38)39)20-23-34(24-21-32)42(40,41)25-17-13-11-9-7-5-4-6-8-10-12-16-22-35-28(36)26-18-14-15-19-27(26)29(35)37/h14-15,18-19,33H,4-13,16-17,20-25H2,1-3H3,(H,38,39). The van der Waals surface area contributed by atoms with Gasteiger partial charge in [-0.1, -0.05) is 97.1 Å². The average Bonchev–Trinajstić information content (AvgIpc) is 3.17. The van der Waals surface area contributed by atoms with Crippen molar-refractivity contribution in [2.75, 3.05) is 25.4 Å². The van der Waals surface area contributed by atoms with Gasteiger partial charge in [-0.3, -0.25) is 14.5 Å². The molecule has 0 bridgehead atoms. The van der Waals surface area contributed by atoms with Gasteiger partial charge in [0, 0.05) is 19.6 Å². The maximum atomic E-state index is 12.9. The quantitative estimate of drug-likeness (QED) is 0.156. The predicted molar refractivity (Wildman–Crippen MR) is 165 cm³/mol. The number of carbonyl (C=O) groups is 3. The topological polar surface area (TPSA) is 124 Å². The Hall–Kier alpha value is -2.46. The van der Waals surface area contributed by atoms with Gasteiger partial charge < -0.3 is 10.4 Å². The van der Waals surface area contributed by atoms with E-state index >= 15 is 0 Å². The van der Waals surface area contributed by atoms with Crippen LogP contribution in [0.1, 0.15) is 131 Å². The van der Waals surface area contributed by atoms with Crippen molar-refractivity contribution in [3.05, 3.63) is 35.4 Å². The SMILES string of the molecule is CC(C)(C)C1(NC(=O)O)CCN(S(=O)(=O)CCCCCCCCCCCCCCN2C(=O)c3ccccc3C2=O)CC1. The van der Waals surface area contributed by atoms with Gasteiger partial charge in [0.2, 0.25) is 10.0 Å². The number of amides is 3. The van der Waals surface area contributed by atoms with Gasteiger partial charge >= 0.3 is 6.09 Å². The number of carboxylic acid groups (broad SMARTS) is 1. The van der Waals surface area contributed by atoms with Crippen LogP contribution in [0.15, 0.2) is 24.3 Å². The van der Waals surface area contributed by atoms with E-state index in [0.29, 0.717) is 50.0 Å². The van der Waals surface area contributed by atoms with Crippen LogP contribution < -0.4 is 5.32 Å². The first-order valence-corrected chi connectivity index (χ1v) is 17.4. The van der Waals surface area contributed by atoms with E-state index in [0.717, 1.165) is 38.5 Å². The van der Waals surface area contributed by atoms with Crippen LogP contribution in [-0.4, -0.2) is 71.6 Å². The van der Waals surface area contributed by atoms with Crippen molar-refractivity contribution in [2.24, 2.45) is 5.41 Å². The number of hydrogen-bond acceptors (Lipinski definition) is 5. The summed E-state index contributed by atoms with van der Waals surface area (Å²) >= 11 is 0. The third kappa shape index (κ3) is 9.02. The molecule has 1 aromatic carbocycles. The van der Waals surface area contributed by atoms with Crippen molar-refractivity contribution in [1.82, 2.24) is 14.5 Å². The Morgan fingerprint density at radius 1 is 0.810 bits per heavy atom. The second-order valence-electron chi connectivity index (χ2n) is 13.0. The fraction of sp³-hybridized carbons (Fsp3) is 0.719. The summed E-state index contributed by atoms with van der Waals surface area (Å²) in [7, 11) is -3.32. The smallest absolute Gasteiger partial charge is 0.405 e. The molecular formula is C32H51N3O6S. The Kier molecular flexibility index (Phi) is 12.4. The molecule has 0 radical (unpaired) electrons. The molecule has 2 heterocycles. The third-order valence-electron chi connectivity index (χ3n) is 9.16. The number of hydrogen-bond donors (Lipinski definition) is 2. The van der Waals surface area contributed by atoms with E-state index in [1.807, 2.05) is 20.8 Å². The lowest BCUT2D eigenvalue weighted by Gasteiger charge is -2.49. The van der Waals surface area contributed by atoms with Crippen molar-refractivity contribution in [3.63, 3.8) is 0 Å². The lowest BCUT2D eigenvalue weighted by atomic mass is 9.68. The fourth-order valence-corrected chi connectivity index (χ4v) is 7.87. The molecule has 9 nitrogen and oxygen atoms in total. The minimum Gasteiger partial charge on any atom is -0.465 e. The van der Waals surface area contributed by atoms with Crippen molar-refractivity contribution in [3.8, 4) is 0 Å². The Morgan fingerprint density at radius 3 is 1.67 bits per heavy atom. The summed E-state index contributed by atoms with van der Waals surface area (Å²) in [5, 5.41) is 12.0. The summed E-state index contributed by atoms with van der Waals surface area (Å²) in [5.74, 6) is -0.174. The zero-order valence-electron chi connectivity index (χ0n) is 25.8. The normalized spacial score (nSPS) is 17.5. The van der Waals surface area contributed by atoms with Crippen molar-refractivity contribution in [2.45, 2.75) is 116 Å². The van der Waals surface area contributed by atoms with E-state index in [9.17, 15) is 27.9 Å². The van der Waals surface area contributed by atoms with Crippen molar-refractivity contribution in [1.29, 1.82) is 0 Å². The molecular weight excluding hydrogens is 554 g/mol.